The van der Waals surface area contributed by atoms with Crippen molar-refractivity contribution in [2.75, 3.05) is 0 Å². The molecule has 112 valence electrons. The number of hydrogen-bond acceptors (Lipinski definition) is 3. The Labute approximate surface area is 129 Å². The van der Waals surface area contributed by atoms with Crippen LogP contribution in [0.2, 0.25) is 0 Å². The summed E-state index contributed by atoms with van der Waals surface area (Å²) in [5, 5.41) is 0. The van der Waals surface area contributed by atoms with E-state index in [4.69, 9.17) is 4.42 Å². The third-order valence-electron chi connectivity index (χ3n) is 3.31. The van der Waals surface area contributed by atoms with Crippen LogP contribution < -0.4 is 4.72 Å². The average Bonchev–Trinajstić information content (AvgIpc) is 3.07. The van der Waals surface area contributed by atoms with Crippen molar-refractivity contribution in [3.05, 3.63) is 78.8 Å². The van der Waals surface area contributed by atoms with E-state index in [1.54, 1.807) is 18.2 Å². The van der Waals surface area contributed by atoms with Gasteiger partial charge in [-0.05, 0) is 17.7 Å². The van der Waals surface area contributed by atoms with Crippen molar-refractivity contribution in [3.63, 3.8) is 0 Å². The van der Waals surface area contributed by atoms with Gasteiger partial charge in [0.05, 0.1) is 17.4 Å². The number of hydrogen-bond donors (Lipinski definition) is 1. The molecule has 0 aliphatic heterocycles. The van der Waals surface area contributed by atoms with Crippen molar-refractivity contribution in [1.82, 2.24) is 4.72 Å². The summed E-state index contributed by atoms with van der Waals surface area (Å²) in [5.41, 5.74) is 2.33. The molecule has 4 nitrogen and oxygen atoms in total. The maximum absolute atomic E-state index is 12.6. The van der Waals surface area contributed by atoms with Crippen LogP contribution in [0.3, 0.4) is 0 Å². The summed E-state index contributed by atoms with van der Waals surface area (Å²) < 4.78 is 32.7. The van der Waals surface area contributed by atoms with Crippen LogP contribution in [-0.2, 0) is 16.6 Å². The van der Waals surface area contributed by atoms with Crippen LogP contribution in [-0.4, -0.2) is 8.42 Å². The Kier molecular flexibility index (Phi) is 4.09. The Morgan fingerprint density at radius 1 is 0.909 bits per heavy atom. The summed E-state index contributed by atoms with van der Waals surface area (Å²) in [6.07, 6.45) is 3.03. The van der Waals surface area contributed by atoms with E-state index in [0.29, 0.717) is 5.56 Å². The standard InChI is InChI=1S/C17H15NO3S/c19-22(20,18-12-14-10-11-21-13-14)17-9-5-4-8-16(17)15-6-2-1-3-7-15/h1-11,13,18H,12H2. The van der Waals surface area contributed by atoms with Crippen molar-refractivity contribution in [2.24, 2.45) is 0 Å². The Morgan fingerprint density at radius 2 is 1.64 bits per heavy atom. The second-order valence-electron chi connectivity index (χ2n) is 4.82. The molecule has 5 heteroatoms. The lowest BCUT2D eigenvalue weighted by Gasteiger charge is -2.11. The highest BCUT2D eigenvalue weighted by molar-refractivity contribution is 7.89. The third-order valence-corrected chi connectivity index (χ3v) is 4.77. The zero-order chi connectivity index (χ0) is 15.4. The molecule has 3 rings (SSSR count). The van der Waals surface area contributed by atoms with Crippen LogP contribution in [0.15, 0.2) is 82.5 Å². The molecule has 0 saturated carbocycles. The van der Waals surface area contributed by atoms with Gasteiger partial charge in [0.15, 0.2) is 0 Å². The van der Waals surface area contributed by atoms with Gasteiger partial charge >= 0.3 is 0 Å². The lowest BCUT2D eigenvalue weighted by Crippen LogP contribution is -2.23. The quantitative estimate of drug-likeness (QED) is 0.785. The highest BCUT2D eigenvalue weighted by Gasteiger charge is 2.18. The first-order valence-electron chi connectivity index (χ1n) is 6.82. The highest BCUT2D eigenvalue weighted by Crippen LogP contribution is 2.26. The van der Waals surface area contributed by atoms with E-state index in [1.165, 1.54) is 12.5 Å². The van der Waals surface area contributed by atoms with Gasteiger partial charge in [0, 0.05) is 17.7 Å². The number of sulfonamides is 1. The van der Waals surface area contributed by atoms with E-state index in [-0.39, 0.29) is 11.4 Å². The van der Waals surface area contributed by atoms with E-state index in [1.807, 2.05) is 42.5 Å². The minimum absolute atomic E-state index is 0.196. The van der Waals surface area contributed by atoms with Gasteiger partial charge in [-0.2, -0.15) is 0 Å². The first-order valence-corrected chi connectivity index (χ1v) is 8.30. The highest BCUT2D eigenvalue weighted by atomic mass is 32.2. The van der Waals surface area contributed by atoms with Gasteiger partial charge in [-0.15, -0.1) is 0 Å². The Balaban J connectivity index is 1.94. The summed E-state index contributed by atoms with van der Waals surface area (Å²) in [6.45, 7) is 0.196. The van der Waals surface area contributed by atoms with E-state index < -0.39 is 10.0 Å². The Bertz CT molecular complexity index is 841. The van der Waals surface area contributed by atoms with Crippen molar-refractivity contribution >= 4 is 10.0 Å². The van der Waals surface area contributed by atoms with E-state index >= 15 is 0 Å². The molecule has 22 heavy (non-hydrogen) atoms. The van der Waals surface area contributed by atoms with Gasteiger partial charge in [0.25, 0.3) is 0 Å². The smallest absolute Gasteiger partial charge is 0.241 e. The maximum atomic E-state index is 12.6. The molecule has 0 spiro atoms. The summed E-state index contributed by atoms with van der Waals surface area (Å²) in [7, 11) is -3.61. The van der Waals surface area contributed by atoms with Crippen molar-refractivity contribution in [3.8, 4) is 11.1 Å². The second kappa shape index (κ2) is 6.17. The molecule has 0 aliphatic carbocycles. The maximum Gasteiger partial charge on any atom is 0.241 e. The zero-order valence-corrected chi connectivity index (χ0v) is 12.6. The van der Waals surface area contributed by atoms with Gasteiger partial charge in [-0.3, -0.25) is 0 Å². The molecular formula is C17H15NO3S. The largest absolute Gasteiger partial charge is 0.472 e. The number of benzene rings is 2. The Hall–Kier alpha value is -2.37. The lowest BCUT2D eigenvalue weighted by molar-refractivity contribution is 0.561. The molecule has 1 heterocycles. The molecule has 0 unspecified atom stereocenters. The molecule has 0 saturated heterocycles. The van der Waals surface area contributed by atoms with Crippen LogP contribution >= 0.6 is 0 Å². The molecule has 0 amide bonds. The lowest BCUT2D eigenvalue weighted by atomic mass is 10.1. The predicted octanol–water partition coefficient (Wildman–Crippen LogP) is 3.43. The van der Waals surface area contributed by atoms with E-state index in [0.717, 1.165) is 11.1 Å². The second-order valence-corrected chi connectivity index (χ2v) is 6.55. The van der Waals surface area contributed by atoms with Crippen LogP contribution in [0.1, 0.15) is 5.56 Å². The van der Waals surface area contributed by atoms with Gasteiger partial charge in [-0.1, -0.05) is 48.5 Å². The average molecular weight is 313 g/mol. The molecule has 1 N–H and O–H groups in total. The van der Waals surface area contributed by atoms with Crippen molar-refractivity contribution < 1.29 is 12.8 Å². The van der Waals surface area contributed by atoms with Crippen LogP contribution in [0.25, 0.3) is 11.1 Å². The topological polar surface area (TPSA) is 59.3 Å². The number of rotatable bonds is 5. The number of nitrogens with one attached hydrogen (secondary N) is 1. The van der Waals surface area contributed by atoms with E-state index in [2.05, 4.69) is 4.72 Å². The first-order chi connectivity index (χ1) is 10.7. The Morgan fingerprint density at radius 3 is 2.36 bits per heavy atom. The normalized spacial score (nSPS) is 11.5. The fourth-order valence-electron chi connectivity index (χ4n) is 2.21. The molecule has 2 aromatic carbocycles. The zero-order valence-electron chi connectivity index (χ0n) is 11.8. The summed E-state index contributed by atoms with van der Waals surface area (Å²) in [4.78, 5) is 0.268. The van der Waals surface area contributed by atoms with Gasteiger partial charge in [0.2, 0.25) is 10.0 Å². The summed E-state index contributed by atoms with van der Waals surface area (Å²) in [6, 6.07) is 18.2. The molecule has 0 radical (unpaired) electrons. The number of furan rings is 1. The van der Waals surface area contributed by atoms with Crippen molar-refractivity contribution in [2.45, 2.75) is 11.4 Å². The minimum atomic E-state index is -3.61. The predicted molar refractivity (Wildman–Crippen MR) is 84.6 cm³/mol. The summed E-state index contributed by atoms with van der Waals surface area (Å²) in [5.74, 6) is 0. The summed E-state index contributed by atoms with van der Waals surface area (Å²) >= 11 is 0. The molecule has 0 atom stereocenters. The minimum Gasteiger partial charge on any atom is -0.472 e. The van der Waals surface area contributed by atoms with Gasteiger partial charge < -0.3 is 4.42 Å². The van der Waals surface area contributed by atoms with E-state index in [9.17, 15) is 8.42 Å². The SMILES string of the molecule is O=S(=O)(NCc1ccoc1)c1ccccc1-c1ccccc1. The van der Waals surface area contributed by atoms with Crippen LogP contribution in [0, 0.1) is 0 Å². The fraction of sp³-hybridized carbons (Fsp3) is 0.0588. The molecule has 3 aromatic rings. The van der Waals surface area contributed by atoms with Gasteiger partial charge in [-0.25, -0.2) is 13.1 Å². The first kappa shape index (κ1) is 14.6. The molecular weight excluding hydrogens is 298 g/mol. The molecule has 1 aromatic heterocycles. The molecule has 0 aliphatic rings. The van der Waals surface area contributed by atoms with Gasteiger partial charge in [0.1, 0.15) is 0 Å². The molecule has 0 fully saturated rings. The third kappa shape index (κ3) is 3.10. The molecule has 0 bridgehead atoms. The van der Waals surface area contributed by atoms with Crippen LogP contribution in [0.4, 0.5) is 0 Å². The monoisotopic (exact) mass is 313 g/mol. The fourth-order valence-corrected chi connectivity index (χ4v) is 3.45. The van der Waals surface area contributed by atoms with Crippen LogP contribution in [0.5, 0.6) is 0 Å². The van der Waals surface area contributed by atoms with Crippen molar-refractivity contribution in [1.29, 1.82) is 0 Å².